The van der Waals surface area contributed by atoms with E-state index in [1.165, 1.54) is 0 Å². The van der Waals surface area contributed by atoms with E-state index in [0.717, 1.165) is 42.9 Å². The third-order valence-corrected chi connectivity index (χ3v) is 7.86. The number of imidazole rings is 1. The number of pyridine rings is 2. The van der Waals surface area contributed by atoms with Gasteiger partial charge in [-0.05, 0) is 36.9 Å². The van der Waals surface area contributed by atoms with Gasteiger partial charge in [-0.25, -0.2) is 23.1 Å². The maximum atomic E-state index is 16.2. The van der Waals surface area contributed by atoms with Gasteiger partial charge in [0.2, 0.25) is 0 Å². The van der Waals surface area contributed by atoms with E-state index in [1.807, 2.05) is 6.07 Å². The van der Waals surface area contributed by atoms with E-state index in [2.05, 4.69) is 42.0 Å². The van der Waals surface area contributed by atoms with Crippen molar-refractivity contribution in [1.29, 1.82) is 0 Å². The monoisotopic (exact) mass is 547 g/mol. The molecule has 4 aromatic heterocycles. The summed E-state index contributed by atoms with van der Waals surface area (Å²) in [7, 11) is 2.11. The van der Waals surface area contributed by atoms with Crippen LogP contribution in [-0.4, -0.2) is 92.2 Å². The fraction of sp³-hybridized carbons (Fsp3) is 0.357. The smallest absolute Gasteiger partial charge is 0.261 e. The molecule has 0 radical (unpaired) electrons. The van der Waals surface area contributed by atoms with Crippen LogP contribution in [0.3, 0.4) is 0 Å². The molecule has 1 aromatic carbocycles. The van der Waals surface area contributed by atoms with Crippen molar-refractivity contribution in [3.05, 3.63) is 54.2 Å². The topological polar surface area (TPSA) is 92.9 Å². The molecule has 2 N–H and O–H groups in total. The summed E-state index contributed by atoms with van der Waals surface area (Å²) in [4.78, 5) is 23.1. The average molecular weight is 548 g/mol. The Balaban J connectivity index is 1.24. The van der Waals surface area contributed by atoms with Gasteiger partial charge in [-0.2, -0.15) is 5.10 Å². The highest BCUT2D eigenvalue weighted by molar-refractivity contribution is 5.97. The number of piperazine rings is 1. The highest BCUT2D eigenvalue weighted by atomic mass is 19.3. The first-order chi connectivity index (χ1) is 19.3. The van der Waals surface area contributed by atoms with Crippen LogP contribution in [0, 0.1) is 5.82 Å². The molecular formula is C28H28F3N9. The summed E-state index contributed by atoms with van der Waals surface area (Å²) >= 11 is 0. The molecule has 2 fully saturated rings. The zero-order valence-corrected chi connectivity index (χ0v) is 22.0. The van der Waals surface area contributed by atoms with Crippen molar-refractivity contribution in [1.82, 2.24) is 39.9 Å². The van der Waals surface area contributed by atoms with E-state index in [9.17, 15) is 8.78 Å². The van der Waals surface area contributed by atoms with Crippen molar-refractivity contribution in [2.45, 2.75) is 18.9 Å². The Hall–Kier alpha value is -4.03. The molecule has 2 aliphatic heterocycles. The number of anilines is 1. The van der Waals surface area contributed by atoms with Crippen molar-refractivity contribution in [3.8, 4) is 22.6 Å². The molecule has 40 heavy (non-hydrogen) atoms. The van der Waals surface area contributed by atoms with Gasteiger partial charge in [-0.3, -0.25) is 15.0 Å². The maximum Gasteiger partial charge on any atom is 0.261 e. The first-order valence-corrected chi connectivity index (χ1v) is 13.3. The van der Waals surface area contributed by atoms with Crippen molar-refractivity contribution >= 4 is 27.8 Å². The quantitative estimate of drug-likeness (QED) is 0.339. The van der Waals surface area contributed by atoms with Crippen LogP contribution in [-0.2, 0) is 6.54 Å². The number of likely N-dealkylation sites (tertiary alicyclic amines) is 1. The molecule has 0 bridgehead atoms. The van der Waals surface area contributed by atoms with Crippen molar-refractivity contribution in [3.63, 3.8) is 0 Å². The molecule has 2 saturated heterocycles. The van der Waals surface area contributed by atoms with E-state index in [4.69, 9.17) is 4.98 Å². The van der Waals surface area contributed by atoms with E-state index < -0.39 is 11.7 Å². The minimum absolute atomic E-state index is 0.150. The number of aromatic amines is 2. The normalized spacial score (nSPS) is 18.4. The van der Waals surface area contributed by atoms with Crippen molar-refractivity contribution in [2.24, 2.45) is 0 Å². The fourth-order valence-corrected chi connectivity index (χ4v) is 5.70. The molecule has 0 unspecified atom stereocenters. The number of nitrogens with zero attached hydrogens (tertiary/aromatic N) is 7. The molecule has 6 heterocycles. The molecule has 0 saturated carbocycles. The second kappa shape index (κ2) is 9.56. The molecular weight excluding hydrogens is 519 g/mol. The van der Waals surface area contributed by atoms with Gasteiger partial charge in [0.25, 0.3) is 5.92 Å². The van der Waals surface area contributed by atoms with E-state index in [-0.39, 0.29) is 13.0 Å². The summed E-state index contributed by atoms with van der Waals surface area (Å²) in [6, 6.07) is 7.22. The Labute approximate surface area is 228 Å². The minimum atomic E-state index is -2.67. The van der Waals surface area contributed by atoms with Crippen LogP contribution < -0.4 is 4.90 Å². The highest BCUT2D eigenvalue weighted by Gasteiger charge is 2.38. The SMILES string of the molecule is CN1CCN(c2ccnc3[nH]c(-c4n[nH]c5ccc(-c6cncc(CN7CCC(F)(F)C7)c6)c(F)c45)nc23)CC1. The third-order valence-electron chi connectivity index (χ3n) is 7.86. The number of hydrogen-bond acceptors (Lipinski definition) is 7. The Morgan fingerprint density at radius 1 is 1.05 bits per heavy atom. The Morgan fingerprint density at radius 3 is 2.70 bits per heavy atom. The Morgan fingerprint density at radius 2 is 1.90 bits per heavy atom. The lowest BCUT2D eigenvalue weighted by atomic mass is 10.0. The zero-order valence-electron chi connectivity index (χ0n) is 22.0. The van der Waals surface area contributed by atoms with Gasteiger partial charge in [0.1, 0.15) is 17.0 Å². The highest BCUT2D eigenvalue weighted by Crippen LogP contribution is 2.35. The van der Waals surface area contributed by atoms with Crippen LogP contribution in [0.15, 0.2) is 42.9 Å². The van der Waals surface area contributed by atoms with Crippen molar-refractivity contribution < 1.29 is 13.2 Å². The molecule has 5 aromatic rings. The molecule has 2 aliphatic rings. The lowest BCUT2D eigenvalue weighted by Crippen LogP contribution is -2.44. The van der Waals surface area contributed by atoms with Crippen LogP contribution in [0.2, 0.25) is 0 Å². The summed E-state index contributed by atoms with van der Waals surface area (Å²) in [5.74, 6) is -2.70. The number of benzene rings is 1. The second-order valence-corrected chi connectivity index (χ2v) is 10.7. The summed E-state index contributed by atoms with van der Waals surface area (Å²) < 4.78 is 43.5. The maximum absolute atomic E-state index is 16.2. The number of halogens is 3. The second-order valence-electron chi connectivity index (χ2n) is 10.7. The first kappa shape index (κ1) is 25.0. The number of fused-ring (bicyclic) bond motifs is 2. The molecule has 12 heteroatoms. The molecule has 9 nitrogen and oxygen atoms in total. The minimum Gasteiger partial charge on any atom is -0.367 e. The van der Waals surface area contributed by atoms with Gasteiger partial charge >= 0.3 is 0 Å². The fourth-order valence-electron chi connectivity index (χ4n) is 5.70. The summed E-state index contributed by atoms with van der Waals surface area (Å²) in [5, 5.41) is 7.64. The largest absolute Gasteiger partial charge is 0.367 e. The Kier molecular flexibility index (Phi) is 5.97. The predicted molar refractivity (Wildman–Crippen MR) is 147 cm³/mol. The number of hydrogen-bond donors (Lipinski definition) is 2. The number of likely N-dealkylation sites (N-methyl/N-ethyl adjacent to an activating group) is 1. The average Bonchev–Trinajstić information content (AvgIpc) is 3.65. The molecule has 0 amide bonds. The molecule has 7 rings (SSSR count). The predicted octanol–water partition coefficient (Wildman–Crippen LogP) is 4.30. The lowest BCUT2D eigenvalue weighted by Gasteiger charge is -2.33. The summed E-state index contributed by atoms with van der Waals surface area (Å²) in [6.45, 7) is 4.05. The number of H-pyrrole nitrogens is 2. The van der Waals surface area contributed by atoms with E-state index in [0.29, 0.717) is 52.3 Å². The van der Waals surface area contributed by atoms with E-state index in [1.54, 1.807) is 41.7 Å². The van der Waals surface area contributed by atoms with Gasteiger partial charge in [0, 0.05) is 75.4 Å². The molecule has 206 valence electrons. The van der Waals surface area contributed by atoms with Gasteiger partial charge in [-0.15, -0.1) is 0 Å². The standard InChI is InChI=1S/C28H28F3N9/c1-38-8-10-40(11-9-38)21-4-6-33-26-24(21)34-27(35-26)25-22-20(36-37-25)3-2-19(23(22)29)18-12-17(13-32-14-18)15-39-7-5-28(30,31)16-39/h2-4,6,12-14H,5,7-11,15-16H2,1H3,(H,36,37)(H,33,34,35). The van der Waals surface area contributed by atoms with Crippen LogP contribution in [0.4, 0.5) is 18.9 Å². The molecule has 0 spiro atoms. The number of aromatic nitrogens is 6. The van der Waals surface area contributed by atoms with Gasteiger partial charge in [-0.1, -0.05) is 0 Å². The summed E-state index contributed by atoms with van der Waals surface area (Å²) in [6.07, 6.45) is 4.82. The number of alkyl halides is 2. The van der Waals surface area contributed by atoms with Gasteiger partial charge in [0.05, 0.1) is 23.1 Å². The van der Waals surface area contributed by atoms with Crippen LogP contribution >= 0.6 is 0 Å². The number of nitrogens with one attached hydrogen (secondary N) is 2. The third kappa shape index (κ3) is 4.46. The van der Waals surface area contributed by atoms with E-state index >= 15 is 4.39 Å². The van der Waals surface area contributed by atoms with Crippen molar-refractivity contribution in [2.75, 3.05) is 51.2 Å². The lowest BCUT2D eigenvalue weighted by molar-refractivity contribution is 0.0115. The number of rotatable bonds is 5. The Bertz CT molecular complexity index is 1700. The molecule has 0 aliphatic carbocycles. The van der Waals surface area contributed by atoms with Crippen LogP contribution in [0.25, 0.3) is 44.7 Å². The first-order valence-electron chi connectivity index (χ1n) is 13.3. The summed E-state index contributed by atoms with van der Waals surface area (Å²) in [5.41, 5.74) is 4.89. The van der Waals surface area contributed by atoms with Crippen LogP contribution in [0.1, 0.15) is 12.0 Å². The molecule has 0 atom stereocenters. The van der Waals surface area contributed by atoms with Crippen LogP contribution in [0.5, 0.6) is 0 Å². The van der Waals surface area contributed by atoms with Gasteiger partial charge in [0.15, 0.2) is 11.5 Å². The zero-order chi connectivity index (χ0) is 27.4. The van der Waals surface area contributed by atoms with Gasteiger partial charge < -0.3 is 14.8 Å².